The molecule has 1 heterocycles. The number of carbonyl (C=O) groups is 1. The molecule has 0 saturated heterocycles. The van der Waals surface area contributed by atoms with Gasteiger partial charge in [0.1, 0.15) is 5.69 Å². The van der Waals surface area contributed by atoms with Crippen molar-refractivity contribution in [2.24, 2.45) is 5.10 Å². The lowest BCUT2D eigenvalue weighted by Gasteiger charge is -2.07. The number of amides is 1. The third-order valence-corrected chi connectivity index (χ3v) is 4.41. The number of nitrogens with one attached hydrogen (secondary N) is 2. The predicted molar refractivity (Wildman–Crippen MR) is 108 cm³/mol. The Morgan fingerprint density at radius 2 is 1.82 bits per heavy atom. The molecule has 7 heteroatoms. The van der Waals surface area contributed by atoms with Crippen LogP contribution in [0.15, 0.2) is 47.6 Å². The minimum Gasteiger partial charge on any atom is -0.493 e. The van der Waals surface area contributed by atoms with Gasteiger partial charge in [-0.1, -0.05) is 12.1 Å². The highest BCUT2D eigenvalue weighted by Gasteiger charge is 2.11. The molecule has 28 heavy (non-hydrogen) atoms. The number of methoxy groups -OCH3 is 2. The summed E-state index contributed by atoms with van der Waals surface area (Å²) in [7, 11) is 3.13. The van der Waals surface area contributed by atoms with Crippen molar-refractivity contribution < 1.29 is 14.3 Å². The third kappa shape index (κ3) is 4.20. The summed E-state index contributed by atoms with van der Waals surface area (Å²) in [5, 5.41) is 11.0. The molecule has 144 valence electrons. The van der Waals surface area contributed by atoms with E-state index in [1.54, 1.807) is 32.4 Å². The maximum absolute atomic E-state index is 12.3. The van der Waals surface area contributed by atoms with Crippen molar-refractivity contribution in [3.05, 3.63) is 64.8 Å². The largest absolute Gasteiger partial charge is 0.493 e. The minimum absolute atomic E-state index is 0.331. The fraction of sp³-hybridized carbons (Fsp3) is 0.190. The fourth-order valence-electron chi connectivity index (χ4n) is 2.65. The molecule has 0 radical (unpaired) electrons. The first kappa shape index (κ1) is 19.2. The Kier molecular flexibility index (Phi) is 5.74. The zero-order valence-corrected chi connectivity index (χ0v) is 16.2. The van der Waals surface area contributed by atoms with Crippen LogP contribution in [0.2, 0.25) is 0 Å². The normalized spacial score (nSPS) is 10.9. The third-order valence-electron chi connectivity index (χ3n) is 4.41. The molecule has 3 rings (SSSR count). The fourth-order valence-corrected chi connectivity index (χ4v) is 2.65. The molecular weight excluding hydrogens is 356 g/mol. The smallest absolute Gasteiger partial charge is 0.289 e. The van der Waals surface area contributed by atoms with E-state index < -0.39 is 0 Å². The summed E-state index contributed by atoms with van der Waals surface area (Å²) in [6.45, 7) is 4.10. The Hall–Kier alpha value is -3.61. The number of aryl methyl sites for hydroxylation is 2. The molecule has 0 saturated carbocycles. The molecule has 2 N–H and O–H groups in total. The number of carbonyl (C=O) groups excluding carboxylic acids is 1. The van der Waals surface area contributed by atoms with E-state index in [1.807, 2.05) is 31.2 Å². The van der Waals surface area contributed by atoms with Gasteiger partial charge in [0.15, 0.2) is 11.5 Å². The van der Waals surface area contributed by atoms with Crippen molar-refractivity contribution in [1.29, 1.82) is 0 Å². The van der Waals surface area contributed by atoms with Crippen LogP contribution in [0.3, 0.4) is 0 Å². The van der Waals surface area contributed by atoms with Crippen LogP contribution in [0.5, 0.6) is 11.5 Å². The molecule has 0 atom stereocenters. The number of hydrazone groups is 1. The minimum atomic E-state index is -0.376. The number of hydrogen-bond donors (Lipinski definition) is 2. The topological polar surface area (TPSA) is 88.6 Å². The van der Waals surface area contributed by atoms with E-state index >= 15 is 0 Å². The van der Waals surface area contributed by atoms with Gasteiger partial charge in [0.2, 0.25) is 0 Å². The van der Waals surface area contributed by atoms with E-state index in [0.29, 0.717) is 22.9 Å². The maximum Gasteiger partial charge on any atom is 0.289 e. The summed E-state index contributed by atoms with van der Waals surface area (Å²) in [6.07, 6.45) is 1.53. The molecule has 0 unspecified atom stereocenters. The second kappa shape index (κ2) is 8.39. The molecule has 1 aromatic heterocycles. The van der Waals surface area contributed by atoms with E-state index in [1.165, 1.54) is 17.3 Å². The van der Waals surface area contributed by atoms with E-state index in [4.69, 9.17) is 9.47 Å². The lowest BCUT2D eigenvalue weighted by Crippen LogP contribution is -2.18. The maximum atomic E-state index is 12.3. The number of ether oxygens (including phenoxy) is 2. The molecule has 0 aliphatic heterocycles. The Morgan fingerprint density at radius 1 is 1.04 bits per heavy atom. The highest BCUT2D eigenvalue weighted by Crippen LogP contribution is 2.26. The highest BCUT2D eigenvalue weighted by molar-refractivity contribution is 5.94. The molecule has 1 amide bonds. The SMILES string of the molecule is COc1ccc(C=NNC(=O)c2cc(-c3ccc(C)c(C)c3)n[nH]2)cc1OC. The first-order chi connectivity index (χ1) is 13.5. The van der Waals surface area contributed by atoms with Gasteiger partial charge < -0.3 is 9.47 Å². The van der Waals surface area contributed by atoms with Gasteiger partial charge in [0.25, 0.3) is 5.91 Å². The Balaban J connectivity index is 1.68. The zero-order chi connectivity index (χ0) is 20.1. The monoisotopic (exact) mass is 378 g/mol. The number of hydrogen-bond acceptors (Lipinski definition) is 5. The van der Waals surface area contributed by atoms with E-state index in [-0.39, 0.29) is 5.91 Å². The van der Waals surface area contributed by atoms with Crippen LogP contribution >= 0.6 is 0 Å². The molecule has 7 nitrogen and oxygen atoms in total. The molecule has 0 aliphatic rings. The van der Waals surface area contributed by atoms with Crippen LogP contribution in [0.25, 0.3) is 11.3 Å². The van der Waals surface area contributed by atoms with Crippen molar-refractivity contribution in [2.45, 2.75) is 13.8 Å². The number of rotatable bonds is 6. The number of aromatic amines is 1. The van der Waals surface area contributed by atoms with Crippen molar-refractivity contribution in [3.63, 3.8) is 0 Å². The van der Waals surface area contributed by atoms with Gasteiger partial charge in [-0.3, -0.25) is 9.89 Å². The molecule has 0 bridgehead atoms. The summed E-state index contributed by atoms with van der Waals surface area (Å²) in [4.78, 5) is 12.3. The van der Waals surface area contributed by atoms with Crippen LogP contribution in [0.1, 0.15) is 27.2 Å². The van der Waals surface area contributed by atoms with Crippen LogP contribution in [0.4, 0.5) is 0 Å². The second-order valence-electron chi connectivity index (χ2n) is 6.28. The standard InChI is InChI=1S/C21H22N4O3/c1-13-5-7-16(9-14(13)2)17-11-18(24-23-17)21(26)25-22-12-15-6-8-19(27-3)20(10-15)28-4/h5-12H,1-4H3,(H,23,24)(H,25,26). The van der Waals surface area contributed by atoms with Crippen LogP contribution in [-0.2, 0) is 0 Å². The second-order valence-corrected chi connectivity index (χ2v) is 6.28. The predicted octanol–water partition coefficient (Wildman–Crippen LogP) is 3.47. The van der Waals surface area contributed by atoms with Gasteiger partial charge in [0.05, 0.1) is 26.1 Å². The molecule has 2 aromatic carbocycles. The van der Waals surface area contributed by atoms with Gasteiger partial charge in [-0.05, 0) is 60.9 Å². The number of aromatic nitrogens is 2. The average molecular weight is 378 g/mol. The van der Waals surface area contributed by atoms with Gasteiger partial charge in [-0.15, -0.1) is 0 Å². The lowest BCUT2D eigenvalue weighted by molar-refractivity contribution is 0.0950. The Bertz CT molecular complexity index is 1020. The Labute approximate surface area is 163 Å². The number of benzene rings is 2. The molecule has 0 spiro atoms. The first-order valence-electron chi connectivity index (χ1n) is 8.70. The Morgan fingerprint density at radius 3 is 2.54 bits per heavy atom. The number of H-pyrrole nitrogens is 1. The van der Waals surface area contributed by atoms with E-state index in [9.17, 15) is 4.79 Å². The summed E-state index contributed by atoms with van der Waals surface area (Å²) in [6, 6.07) is 13.1. The van der Waals surface area contributed by atoms with Gasteiger partial charge in [-0.25, -0.2) is 5.43 Å². The van der Waals surface area contributed by atoms with Crippen LogP contribution < -0.4 is 14.9 Å². The average Bonchev–Trinajstić information content (AvgIpc) is 3.20. The van der Waals surface area contributed by atoms with Gasteiger partial charge in [0, 0.05) is 5.56 Å². The van der Waals surface area contributed by atoms with Crippen LogP contribution in [-0.4, -0.2) is 36.5 Å². The van der Waals surface area contributed by atoms with Crippen molar-refractivity contribution >= 4 is 12.1 Å². The quantitative estimate of drug-likeness (QED) is 0.508. The van der Waals surface area contributed by atoms with Crippen molar-refractivity contribution in [3.8, 4) is 22.8 Å². The summed E-state index contributed by atoms with van der Waals surface area (Å²) in [5.41, 5.74) is 7.62. The van der Waals surface area contributed by atoms with E-state index in [0.717, 1.165) is 11.1 Å². The first-order valence-corrected chi connectivity index (χ1v) is 8.70. The molecular formula is C21H22N4O3. The van der Waals surface area contributed by atoms with Crippen molar-refractivity contribution in [1.82, 2.24) is 15.6 Å². The summed E-state index contributed by atoms with van der Waals surface area (Å²) < 4.78 is 10.4. The molecule has 0 aliphatic carbocycles. The van der Waals surface area contributed by atoms with Gasteiger partial charge in [-0.2, -0.15) is 10.2 Å². The number of nitrogens with zero attached hydrogens (tertiary/aromatic N) is 2. The lowest BCUT2D eigenvalue weighted by atomic mass is 10.0. The summed E-state index contributed by atoms with van der Waals surface area (Å²) in [5.74, 6) is 0.837. The highest BCUT2D eigenvalue weighted by atomic mass is 16.5. The van der Waals surface area contributed by atoms with Gasteiger partial charge >= 0.3 is 0 Å². The molecule has 3 aromatic rings. The molecule has 0 fully saturated rings. The van der Waals surface area contributed by atoms with Crippen LogP contribution in [0, 0.1) is 13.8 Å². The summed E-state index contributed by atoms with van der Waals surface area (Å²) >= 11 is 0. The van der Waals surface area contributed by atoms with E-state index in [2.05, 4.69) is 27.6 Å². The van der Waals surface area contributed by atoms with Crippen molar-refractivity contribution in [2.75, 3.05) is 14.2 Å². The zero-order valence-electron chi connectivity index (χ0n) is 16.2.